The first-order valence-electron chi connectivity index (χ1n) is 6.08. The molecule has 2 atom stereocenters. The minimum Gasteiger partial charge on any atom is -0.326 e. The lowest BCUT2D eigenvalue weighted by Crippen LogP contribution is -2.32. The van der Waals surface area contributed by atoms with Crippen molar-refractivity contribution in [3.8, 4) is 0 Å². The van der Waals surface area contributed by atoms with Crippen molar-refractivity contribution in [2.45, 2.75) is 31.8 Å². The normalized spacial score (nSPS) is 25.4. The zero-order valence-electron chi connectivity index (χ0n) is 10.00. The third-order valence-electron chi connectivity index (χ3n) is 3.34. The molecule has 1 saturated heterocycles. The van der Waals surface area contributed by atoms with Crippen molar-refractivity contribution in [1.29, 1.82) is 0 Å². The van der Waals surface area contributed by atoms with E-state index in [1.54, 1.807) is 0 Å². The maximum Gasteiger partial charge on any atom is 0.124 e. The van der Waals surface area contributed by atoms with Crippen molar-refractivity contribution in [3.05, 3.63) is 34.1 Å². The van der Waals surface area contributed by atoms with E-state index in [0.29, 0.717) is 0 Å². The number of hydrogen-bond donors (Lipinski definition) is 1. The predicted molar refractivity (Wildman–Crippen MR) is 71.3 cm³/mol. The number of halogens is 2. The van der Waals surface area contributed by atoms with Gasteiger partial charge in [0.2, 0.25) is 0 Å². The van der Waals surface area contributed by atoms with E-state index in [4.69, 9.17) is 5.73 Å². The molecule has 1 aromatic carbocycles. The van der Waals surface area contributed by atoms with E-state index in [-0.39, 0.29) is 17.9 Å². The molecule has 0 radical (unpaired) electrons. The van der Waals surface area contributed by atoms with Crippen LogP contribution >= 0.6 is 15.9 Å². The van der Waals surface area contributed by atoms with Gasteiger partial charge in [-0.2, -0.15) is 0 Å². The highest BCUT2D eigenvalue weighted by atomic mass is 79.9. The Morgan fingerprint density at radius 3 is 2.94 bits per heavy atom. The quantitative estimate of drug-likeness (QED) is 0.929. The zero-order valence-corrected chi connectivity index (χ0v) is 11.6. The van der Waals surface area contributed by atoms with Crippen LogP contribution in [0.5, 0.6) is 0 Å². The molecule has 4 heteroatoms. The monoisotopic (exact) mass is 300 g/mol. The van der Waals surface area contributed by atoms with Crippen molar-refractivity contribution in [2.75, 3.05) is 13.1 Å². The Morgan fingerprint density at radius 1 is 1.53 bits per heavy atom. The van der Waals surface area contributed by atoms with E-state index >= 15 is 0 Å². The Kier molecular flexibility index (Phi) is 4.17. The van der Waals surface area contributed by atoms with Gasteiger partial charge in [-0.15, -0.1) is 0 Å². The molecule has 0 aliphatic carbocycles. The standard InChI is InChI=1S/C13H18BrFN2/c1-2-6-17-7-5-12(16)13(17)10-4-3-9(15)8-11(10)14/h3-4,8,12-13H,2,5-7,16H2,1H3. The Balaban J connectivity index is 2.29. The average Bonchev–Trinajstić information content (AvgIpc) is 2.62. The van der Waals surface area contributed by atoms with Crippen LogP contribution in [0.2, 0.25) is 0 Å². The molecular weight excluding hydrogens is 283 g/mol. The number of rotatable bonds is 3. The lowest BCUT2D eigenvalue weighted by atomic mass is 10.0. The van der Waals surface area contributed by atoms with Gasteiger partial charge in [0.05, 0.1) is 6.04 Å². The third-order valence-corrected chi connectivity index (χ3v) is 4.03. The molecule has 2 rings (SSSR count). The van der Waals surface area contributed by atoms with Gasteiger partial charge in [-0.05, 0) is 37.1 Å². The van der Waals surface area contributed by atoms with Crippen LogP contribution in [0.4, 0.5) is 4.39 Å². The highest BCUT2D eigenvalue weighted by molar-refractivity contribution is 9.10. The molecule has 0 amide bonds. The van der Waals surface area contributed by atoms with Gasteiger partial charge < -0.3 is 5.73 Å². The Morgan fingerprint density at radius 2 is 2.29 bits per heavy atom. The molecule has 1 aliphatic heterocycles. The lowest BCUT2D eigenvalue weighted by molar-refractivity contribution is 0.247. The van der Waals surface area contributed by atoms with Gasteiger partial charge in [0.25, 0.3) is 0 Å². The molecule has 0 bridgehead atoms. The zero-order chi connectivity index (χ0) is 12.4. The lowest BCUT2D eigenvalue weighted by Gasteiger charge is -2.27. The molecule has 1 fully saturated rings. The predicted octanol–water partition coefficient (Wildman–Crippen LogP) is 3.07. The summed E-state index contributed by atoms with van der Waals surface area (Å²) in [6, 6.07) is 5.23. The van der Waals surface area contributed by atoms with Crippen LogP contribution in [-0.2, 0) is 0 Å². The van der Waals surface area contributed by atoms with Gasteiger partial charge in [-0.25, -0.2) is 4.39 Å². The molecule has 2 N–H and O–H groups in total. The molecule has 94 valence electrons. The minimum atomic E-state index is -0.214. The summed E-state index contributed by atoms with van der Waals surface area (Å²) in [5.74, 6) is -0.214. The molecule has 0 aromatic heterocycles. The second-order valence-corrected chi connectivity index (χ2v) is 5.45. The maximum absolute atomic E-state index is 13.1. The number of benzene rings is 1. The molecule has 0 saturated carbocycles. The molecule has 2 nitrogen and oxygen atoms in total. The summed E-state index contributed by atoms with van der Waals surface area (Å²) in [5.41, 5.74) is 7.28. The molecule has 17 heavy (non-hydrogen) atoms. The summed E-state index contributed by atoms with van der Waals surface area (Å²) in [6.07, 6.45) is 2.12. The molecule has 0 spiro atoms. The largest absolute Gasteiger partial charge is 0.326 e. The van der Waals surface area contributed by atoms with Gasteiger partial charge >= 0.3 is 0 Å². The summed E-state index contributed by atoms with van der Waals surface area (Å²) < 4.78 is 13.9. The minimum absolute atomic E-state index is 0.142. The van der Waals surface area contributed by atoms with E-state index in [2.05, 4.69) is 27.8 Å². The summed E-state index contributed by atoms with van der Waals surface area (Å²) in [7, 11) is 0. The van der Waals surface area contributed by atoms with Gasteiger partial charge in [-0.3, -0.25) is 4.90 Å². The van der Waals surface area contributed by atoms with Crippen LogP contribution in [0, 0.1) is 5.82 Å². The summed E-state index contributed by atoms with van der Waals surface area (Å²) >= 11 is 3.44. The van der Waals surface area contributed by atoms with E-state index in [1.807, 2.05) is 6.07 Å². The second-order valence-electron chi connectivity index (χ2n) is 4.60. The molecule has 2 unspecified atom stereocenters. The van der Waals surface area contributed by atoms with Crippen LogP contribution in [0.15, 0.2) is 22.7 Å². The fourth-order valence-electron chi connectivity index (χ4n) is 2.59. The van der Waals surface area contributed by atoms with Crippen molar-refractivity contribution in [1.82, 2.24) is 4.90 Å². The fourth-order valence-corrected chi connectivity index (χ4v) is 3.17. The SMILES string of the molecule is CCCN1CCC(N)C1c1ccc(F)cc1Br. The van der Waals surface area contributed by atoms with Crippen LogP contribution in [0.25, 0.3) is 0 Å². The topological polar surface area (TPSA) is 29.3 Å². The first-order valence-corrected chi connectivity index (χ1v) is 6.87. The Labute approximate surface area is 110 Å². The third kappa shape index (κ3) is 2.69. The molecular formula is C13H18BrFN2. The van der Waals surface area contributed by atoms with Crippen LogP contribution in [0.1, 0.15) is 31.4 Å². The highest BCUT2D eigenvalue weighted by Crippen LogP contribution is 2.35. The van der Waals surface area contributed by atoms with Crippen molar-refractivity contribution in [2.24, 2.45) is 5.73 Å². The summed E-state index contributed by atoms with van der Waals surface area (Å²) in [4.78, 5) is 2.39. The smallest absolute Gasteiger partial charge is 0.124 e. The van der Waals surface area contributed by atoms with E-state index in [1.165, 1.54) is 12.1 Å². The number of nitrogens with zero attached hydrogens (tertiary/aromatic N) is 1. The molecule has 1 heterocycles. The van der Waals surface area contributed by atoms with E-state index in [9.17, 15) is 4.39 Å². The van der Waals surface area contributed by atoms with Gasteiger partial charge in [0, 0.05) is 17.1 Å². The first kappa shape index (κ1) is 13.0. The van der Waals surface area contributed by atoms with Gasteiger partial charge in [0.15, 0.2) is 0 Å². The number of likely N-dealkylation sites (tertiary alicyclic amines) is 1. The van der Waals surface area contributed by atoms with Gasteiger partial charge in [-0.1, -0.05) is 28.9 Å². The van der Waals surface area contributed by atoms with Crippen LogP contribution < -0.4 is 5.73 Å². The fraction of sp³-hybridized carbons (Fsp3) is 0.538. The number of nitrogens with two attached hydrogens (primary N) is 1. The Hall–Kier alpha value is -0.450. The first-order chi connectivity index (χ1) is 8.13. The second kappa shape index (κ2) is 5.46. The van der Waals surface area contributed by atoms with Crippen LogP contribution in [0.3, 0.4) is 0 Å². The average molecular weight is 301 g/mol. The Bertz CT molecular complexity index is 395. The van der Waals surface area contributed by atoms with Gasteiger partial charge in [0.1, 0.15) is 5.82 Å². The van der Waals surface area contributed by atoms with Crippen molar-refractivity contribution < 1.29 is 4.39 Å². The van der Waals surface area contributed by atoms with Crippen molar-refractivity contribution in [3.63, 3.8) is 0 Å². The highest BCUT2D eigenvalue weighted by Gasteiger charge is 2.33. The van der Waals surface area contributed by atoms with E-state index in [0.717, 1.165) is 36.0 Å². The van der Waals surface area contributed by atoms with Crippen LogP contribution in [-0.4, -0.2) is 24.0 Å². The molecule has 1 aliphatic rings. The number of hydrogen-bond acceptors (Lipinski definition) is 2. The van der Waals surface area contributed by atoms with Crippen molar-refractivity contribution >= 4 is 15.9 Å². The summed E-state index contributed by atoms with van der Waals surface area (Å²) in [6.45, 7) is 4.24. The molecule has 1 aromatic rings. The maximum atomic E-state index is 13.1. The van der Waals surface area contributed by atoms with E-state index < -0.39 is 0 Å². The summed E-state index contributed by atoms with van der Waals surface area (Å²) in [5, 5.41) is 0.